The first-order valence-electron chi connectivity index (χ1n) is 5.92. The van der Waals surface area contributed by atoms with Crippen molar-refractivity contribution in [1.29, 1.82) is 0 Å². The normalized spacial score (nSPS) is 13.9. The van der Waals surface area contributed by atoms with E-state index in [2.05, 4.69) is 9.88 Å². The lowest BCUT2D eigenvalue weighted by Crippen LogP contribution is -2.18. The summed E-state index contributed by atoms with van der Waals surface area (Å²) in [6.45, 7) is 0. The average molecular weight is 242 g/mol. The van der Waals surface area contributed by atoms with Crippen LogP contribution >= 0.6 is 0 Å². The molecule has 0 saturated carbocycles. The Morgan fingerprint density at radius 2 is 2.17 bits per heavy atom. The third-order valence-electron chi connectivity index (χ3n) is 3.18. The lowest BCUT2D eigenvalue weighted by atomic mass is 10.1. The molecule has 1 aromatic carbocycles. The van der Waals surface area contributed by atoms with Crippen LogP contribution in [0.4, 0.5) is 5.69 Å². The number of benzene rings is 1. The standard InChI is InChI=1S/C14H14N2O2/c1-18-11-5-6-13-12(9-11)15-14(17)7-4-10-3-2-8-16(10)13/h2-3,5-6,8-9H,4,7H2,1H3,(H,15,17). The van der Waals surface area contributed by atoms with Gasteiger partial charge >= 0.3 is 0 Å². The fraction of sp³-hybridized carbons (Fsp3) is 0.214. The van der Waals surface area contributed by atoms with E-state index in [0.29, 0.717) is 6.42 Å². The number of fused-ring (bicyclic) bond motifs is 3. The van der Waals surface area contributed by atoms with Gasteiger partial charge in [-0.2, -0.15) is 0 Å². The summed E-state index contributed by atoms with van der Waals surface area (Å²) < 4.78 is 7.30. The largest absolute Gasteiger partial charge is 0.497 e. The van der Waals surface area contributed by atoms with Crippen LogP contribution in [0, 0.1) is 0 Å². The van der Waals surface area contributed by atoms with Gasteiger partial charge < -0.3 is 14.6 Å². The van der Waals surface area contributed by atoms with Crippen LogP contribution in [0.25, 0.3) is 5.69 Å². The zero-order valence-corrected chi connectivity index (χ0v) is 10.1. The SMILES string of the molecule is COc1ccc2c(c1)NC(=O)CCc1cccn1-2. The van der Waals surface area contributed by atoms with E-state index in [4.69, 9.17) is 4.74 Å². The van der Waals surface area contributed by atoms with Gasteiger partial charge in [-0.1, -0.05) is 0 Å². The zero-order chi connectivity index (χ0) is 12.5. The number of carbonyl (C=O) groups is 1. The Bertz CT molecular complexity index is 602. The first kappa shape index (κ1) is 10.9. The molecule has 0 radical (unpaired) electrons. The summed E-state index contributed by atoms with van der Waals surface area (Å²) in [5, 5.41) is 2.93. The summed E-state index contributed by atoms with van der Waals surface area (Å²) in [7, 11) is 1.62. The second kappa shape index (κ2) is 4.22. The molecule has 0 unspecified atom stereocenters. The molecule has 1 aromatic heterocycles. The highest BCUT2D eigenvalue weighted by molar-refractivity contribution is 5.93. The van der Waals surface area contributed by atoms with Crippen LogP contribution in [0.3, 0.4) is 0 Å². The van der Waals surface area contributed by atoms with E-state index in [9.17, 15) is 4.79 Å². The zero-order valence-electron chi connectivity index (χ0n) is 10.1. The second-order valence-corrected chi connectivity index (χ2v) is 4.30. The number of nitrogens with one attached hydrogen (secondary N) is 1. The number of anilines is 1. The molecule has 0 spiro atoms. The Morgan fingerprint density at radius 1 is 1.28 bits per heavy atom. The van der Waals surface area contributed by atoms with Gasteiger partial charge in [0.2, 0.25) is 5.91 Å². The minimum absolute atomic E-state index is 0.0388. The van der Waals surface area contributed by atoms with Crippen molar-refractivity contribution in [2.24, 2.45) is 0 Å². The van der Waals surface area contributed by atoms with Crippen LogP contribution in [-0.4, -0.2) is 17.6 Å². The molecule has 1 amide bonds. The number of hydrogen-bond donors (Lipinski definition) is 1. The maximum absolute atomic E-state index is 11.8. The number of ether oxygens (including phenoxy) is 1. The average Bonchev–Trinajstić information content (AvgIpc) is 2.82. The van der Waals surface area contributed by atoms with Gasteiger partial charge in [-0.25, -0.2) is 0 Å². The van der Waals surface area contributed by atoms with E-state index in [-0.39, 0.29) is 5.91 Å². The molecule has 0 saturated heterocycles. The molecule has 1 aliphatic rings. The van der Waals surface area contributed by atoms with Gasteiger partial charge in [0.05, 0.1) is 18.5 Å². The summed E-state index contributed by atoms with van der Waals surface area (Å²) in [5.74, 6) is 0.778. The van der Waals surface area contributed by atoms with Crippen molar-refractivity contribution in [3.63, 3.8) is 0 Å². The number of carbonyl (C=O) groups excluding carboxylic acids is 1. The van der Waals surface area contributed by atoms with Crippen molar-refractivity contribution in [2.75, 3.05) is 12.4 Å². The summed E-state index contributed by atoms with van der Waals surface area (Å²) in [6, 6.07) is 9.76. The first-order chi connectivity index (χ1) is 8.78. The summed E-state index contributed by atoms with van der Waals surface area (Å²) >= 11 is 0. The Hall–Kier alpha value is -2.23. The summed E-state index contributed by atoms with van der Waals surface area (Å²) in [5.41, 5.74) is 2.91. The van der Waals surface area contributed by atoms with Crippen LogP contribution in [-0.2, 0) is 11.2 Å². The Kier molecular flexibility index (Phi) is 2.55. The number of rotatable bonds is 1. The maximum atomic E-state index is 11.8. The Morgan fingerprint density at radius 3 is 3.00 bits per heavy atom. The highest BCUT2D eigenvalue weighted by Gasteiger charge is 2.16. The first-order valence-corrected chi connectivity index (χ1v) is 5.92. The highest BCUT2D eigenvalue weighted by Crippen LogP contribution is 2.29. The second-order valence-electron chi connectivity index (χ2n) is 4.30. The Balaban J connectivity index is 2.18. The predicted octanol–water partition coefficient (Wildman–Crippen LogP) is 2.37. The molecule has 2 heterocycles. The van der Waals surface area contributed by atoms with Crippen LogP contribution in [0.15, 0.2) is 36.5 Å². The van der Waals surface area contributed by atoms with Gasteiger partial charge in [-0.15, -0.1) is 0 Å². The molecule has 0 bridgehead atoms. The number of amides is 1. The van der Waals surface area contributed by atoms with Crippen molar-refractivity contribution in [2.45, 2.75) is 12.8 Å². The number of aryl methyl sites for hydroxylation is 1. The van der Waals surface area contributed by atoms with Crippen LogP contribution < -0.4 is 10.1 Å². The van der Waals surface area contributed by atoms with Gasteiger partial charge in [0, 0.05) is 24.4 Å². The molecule has 0 atom stereocenters. The van der Waals surface area contributed by atoms with Crippen molar-refractivity contribution >= 4 is 11.6 Å². The van der Waals surface area contributed by atoms with E-state index >= 15 is 0 Å². The van der Waals surface area contributed by atoms with Crippen LogP contribution in [0.1, 0.15) is 12.1 Å². The molecule has 92 valence electrons. The highest BCUT2D eigenvalue weighted by atomic mass is 16.5. The van der Waals surface area contributed by atoms with E-state index in [1.54, 1.807) is 7.11 Å². The molecule has 1 N–H and O–H groups in total. The molecule has 18 heavy (non-hydrogen) atoms. The van der Waals surface area contributed by atoms with Gasteiger partial charge in [-0.3, -0.25) is 4.79 Å². The molecular formula is C14H14N2O2. The van der Waals surface area contributed by atoms with Gasteiger partial charge in [0.15, 0.2) is 0 Å². The number of aromatic nitrogens is 1. The molecule has 4 heteroatoms. The molecule has 3 rings (SSSR count). The van der Waals surface area contributed by atoms with E-state index in [1.165, 1.54) is 0 Å². The van der Waals surface area contributed by atoms with E-state index < -0.39 is 0 Å². The Labute approximate surface area is 105 Å². The topological polar surface area (TPSA) is 43.3 Å². The summed E-state index contributed by atoms with van der Waals surface area (Å²) in [6.07, 6.45) is 3.27. The fourth-order valence-electron chi connectivity index (χ4n) is 2.26. The molecule has 0 aliphatic carbocycles. The minimum Gasteiger partial charge on any atom is -0.497 e. The molecule has 1 aliphatic heterocycles. The van der Waals surface area contributed by atoms with Crippen molar-refractivity contribution < 1.29 is 9.53 Å². The minimum atomic E-state index is 0.0388. The molecular weight excluding hydrogens is 228 g/mol. The summed E-state index contributed by atoms with van der Waals surface area (Å²) in [4.78, 5) is 11.8. The maximum Gasteiger partial charge on any atom is 0.224 e. The number of methoxy groups -OCH3 is 1. The van der Waals surface area contributed by atoms with E-state index in [1.807, 2.05) is 36.5 Å². The molecule has 4 nitrogen and oxygen atoms in total. The fourth-order valence-corrected chi connectivity index (χ4v) is 2.26. The van der Waals surface area contributed by atoms with Gasteiger partial charge in [-0.05, 0) is 30.7 Å². The van der Waals surface area contributed by atoms with Crippen molar-refractivity contribution in [1.82, 2.24) is 4.57 Å². The third-order valence-corrected chi connectivity index (χ3v) is 3.18. The lowest BCUT2D eigenvalue weighted by molar-refractivity contribution is -0.116. The number of nitrogens with zero attached hydrogens (tertiary/aromatic N) is 1. The predicted molar refractivity (Wildman–Crippen MR) is 69.3 cm³/mol. The lowest BCUT2D eigenvalue weighted by Gasteiger charge is -2.18. The molecule has 2 aromatic rings. The number of hydrogen-bond acceptors (Lipinski definition) is 2. The smallest absolute Gasteiger partial charge is 0.224 e. The van der Waals surface area contributed by atoms with Crippen molar-refractivity contribution in [3.05, 3.63) is 42.2 Å². The monoisotopic (exact) mass is 242 g/mol. The van der Waals surface area contributed by atoms with Crippen molar-refractivity contribution in [3.8, 4) is 11.4 Å². The van der Waals surface area contributed by atoms with Crippen LogP contribution in [0.5, 0.6) is 5.75 Å². The van der Waals surface area contributed by atoms with Gasteiger partial charge in [0.1, 0.15) is 5.75 Å². The van der Waals surface area contributed by atoms with Crippen LogP contribution in [0.2, 0.25) is 0 Å². The van der Waals surface area contributed by atoms with Gasteiger partial charge in [0.25, 0.3) is 0 Å². The van der Waals surface area contributed by atoms with E-state index in [0.717, 1.165) is 29.2 Å². The quantitative estimate of drug-likeness (QED) is 0.834. The third kappa shape index (κ3) is 1.76. The molecule has 0 fully saturated rings.